The number of carbonyl (C=O) groups excluding carboxylic acids is 6. The number of fused-ring (bicyclic) bond motifs is 4. The number of anilines is 4. The number of nitrogens with zero attached hydrogens (tertiary/aromatic N) is 2. The summed E-state index contributed by atoms with van der Waals surface area (Å²) in [5.74, 6) is -0.368. The Morgan fingerprint density at radius 3 is 1.03 bits per heavy atom. The van der Waals surface area contributed by atoms with Crippen LogP contribution in [0.4, 0.5) is 22.7 Å². The van der Waals surface area contributed by atoms with E-state index < -0.39 is 75.8 Å². The summed E-state index contributed by atoms with van der Waals surface area (Å²) in [7, 11) is -13.2. The van der Waals surface area contributed by atoms with Crippen LogP contribution in [0.2, 0.25) is 0 Å². The highest BCUT2D eigenvalue weighted by Crippen LogP contribution is 2.38. The van der Waals surface area contributed by atoms with Gasteiger partial charge in [0.25, 0.3) is 40.1 Å². The zero-order chi connectivity index (χ0) is 84.7. The molecule has 0 aliphatic heterocycles. The predicted octanol–water partition coefficient (Wildman–Crippen LogP) is 16.3. The summed E-state index contributed by atoms with van der Waals surface area (Å²) in [5.41, 5.74) is 4.51. The van der Waals surface area contributed by atoms with Crippen LogP contribution in [0.1, 0.15) is 131 Å². The monoisotopic (exact) mass is 1670 g/mol. The number of amides is 2. The molecule has 0 spiro atoms. The molecule has 12 rings (SSSR count). The van der Waals surface area contributed by atoms with Gasteiger partial charge in [0.2, 0.25) is 11.8 Å². The highest BCUT2D eigenvalue weighted by molar-refractivity contribution is 7.94. The van der Waals surface area contributed by atoms with E-state index in [-0.39, 0.29) is 68.3 Å². The Labute approximate surface area is 670 Å². The minimum absolute atomic E-state index is 0.0295. The third kappa shape index (κ3) is 19.8. The van der Waals surface area contributed by atoms with Crippen LogP contribution in [0, 0.1) is 34.6 Å². The van der Waals surface area contributed by atoms with Crippen LogP contribution in [-0.2, 0) is 68.6 Å². The largest absolute Gasteiger partial charge is 0.497 e. The van der Waals surface area contributed by atoms with Crippen LogP contribution in [-0.4, -0.2) is 117 Å². The van der Waals surface area contributed by atoms with Gasteiger partial charge in [0, 0.05) is 46.3 Å². The van der Waals surface area contributed by atoms with Gasteiger partial charge in [0.15, 0.2) is 0 Å². The van der Waals surface area contributed by atoms with Crippen LogP contribution in [0.25, 0.3) is 43.9 Å². The molecule has 0 radical (unpaired) electrons. The molecule has 0 aliphatic rings. The van der Waals surface area contributed by atoms with E-state index in [9.17, 15) is 62.4 Å². The molecule has 0 unspecified atom stereocenters. The fourth-order valence-electron chi connectivity index (χ4n) is 12.0. The van der Waals surface area contributed by atoms with E-state index in [1.807, 2.05) is 20.8 Å². The van der Waals surface area contributed by atoms with E-state index in [1.165, 1.54) is 111 Å². The third-order valence-electron chi connectivity index (χ3n) is 17.2. The number of esters is 4. The average molecular weight is 1670 g/mol. The lowest BCUT2D eigenvalue weighted by atomic mass is 10.1. The second kappa shape index (κ2) is 37.7. The zero-order valence-corrected chi connectivity index (χ0v) is 69.1. The van der Waals surface area contributed by atoms with E-state index in [2.05, 4.69) is 9.44 Å². The molecule has 0 bridgehead atoms. The van der Waals surface area contributed by atoms with E-state index >= 15 is 0 Å². The number of nitrogens with one attached hydrogen (secondary N) is 2. The average Bonchev–Trinajstić information content (AvgIpc) is 1.41. The first kappa shape index (κ1) is 87.5. The number of ether oxygens (including phenoxy) is 7. The first-order valence-electron chi connectivity index (χ1n) is 36.2. The number of carbonyl (C=O) groups is 6. The number of rotatable bonds is 26. The molecule has 4 heterocycles. The van der Waals surface area contributed by atoms with Crippen LogP contribution in [0.5, 0.6) is 17.2 Å². The van der Waals surface area contributed by atoms with Gasteiger partial charge in [-0.05, 0) is 233 Å². The number of sulfonamides is 4. The van der Waals surface area contributed by atoms with E-state index in [0.717, 1.165) is 16.8 Å². The molecule has 29 nitrogen and oxygen atoms in total. The topological polar surface area (TPSA) is 387 Å². The predicted molar refractivity (Wildman–Crippen MR) is 434 cm³/mol. The fourth-order valence-corrected chi connectivity index (χ4v) is 17.0. The van der Waals surface area contributed by atoms with Gasteiger partial charge < -0.3 is 50.8 Å². The molecule has 0 aliphatic carbocycles. The van der Waals surface area contributed by atoms with E-state index in [4.69, 9.17) is 50.8 Å². The lowest BCUT2D eigenvalue weighted by molar-refractivity contribution is -0.117. The summed E-state index contributed by atoms with van der Waals surface area (Å²) in [5, 5.41) is 1.72. The minimum atomic E-state index is -4.22. The van der Waals surface area contributed by atoms with E-state index in [1.54, 1.807) is 128 Å². The Balaban J connectivity index is 0.000000177. The molecule has 0 saturated heterocycles. The smallest absolute Gasteiger partial charge is 0.342 e. The van der Waals surface area contributed by atoms with Gasteiger partial charge in [-0.1, -0.05) is 24.6 Å². The standard InChI is InChI=1S/2C22H23NO7S.C20H21NO6S.C19H19NO5S/c1-5-6-20(24)23(31(26,27)17-10-8-16(28-3)9-11-17)15-7-12-19-18(13-15)21(14(2)30-19)22(25)29-4;1-5-28-17-8-10-18(11-9-17)31(26,27)23(15(4)24)16-7-12-20-19(13-16)21(14(3)30-20)22(25)29-6-2;1-4-25-15-7-9-16(10-8-15)28(23,24)21-14-6-11-18-17(12-14)19(13(3)27-18)20(22)26-5-2;1-4-24-19(21)18-13(3)25-17-10-7-14(11-16(17)18)20-26(22,23)15-8-5-12(2)6-9-15/h2*7-13H,5-6H2,1-4H3;6-12,21H,4-5H2,1-3H3;5-11,20H,4H2,1-3H3. The SMILES string of the molecule is CCCC(=O)N(c1ccc2oc(C)c(C(=O)OC)c2c1)S(=O)(=O)c1ccc(OC)cc1.CCOC(=O)c1c(C)oc2ccc(N(C(C)=O)S(=O)(=O)c3ccc(OCC)cc3)cc12.CCOC(=O)c1c(C)oc2ccc(NS(=O)(=O)c3ccc(C)cc3)cc12.CCOC(=O)c1c(C)oc2ccc(NS(=O)(=O)c3ccc(OCC)cc3)cc12. The van der Waals surface area contributed by atoms with Crippen molar-refractivity contribution in [3.8, 4) is 17.2 Å². The van der Waals surface area contributed by atoms with Crippen molar-refractivity contribution in [2.45, 2.75) is 116 Å². The molecule has 0 fully saturated rings. The van der Waals surface area contributed by atoms with Gasteiger partial charge in [-0.2, -0.15) is 0 Å². The highest BCUT2D eigenvalue weighted by Gasteiger charge is 2.34. The maximum atomic E-state index is 13.4. The van der Waals surface area contributed by atoms with Crippen molar-refractivity contribution in [3.63, 3.8) is 0 Å². The van der Waals surface area contributed by atoms with Crippen molar-refractivity contribution < 1.29 is 113 Å². The summed E-state index contributed by atoms with van der Waals surface area (Å²) < 4.78 is 168. The van der Waals surface area contributed by atoms with Crippen LogP contribution in [0.15, 0.2) is 207 Å². The van der Waals surface area contributed by atoms with Crippen molar-refractivity contribution in [3.05, 3.63) is 221 Å². The number of furan rings is 4. The van der Waals surface area contributed by atoms with Crippen molar-refractivity contribution in [2.75, 3.05) is 65.3 Å². The zero-order valence-electron chi connectivity index (χ0n) is 65.8. The number of benzene rings is 8. The lowest BCUT2D eigenvalue weighted by Crippen LogP contribution is -2.36. The van der Waals surface area contributed by atoms with Crippen LogP contribution >= 0.6 is 0 Å². The van der Waals surface area contributed by atoms with Crippen LogP contribution in [0.3, 0.4) is 0 Å². The molecule has 612 valence electrons. The molecular formula is C83H86N4O25S4. The fraction of sp³-hybridized carbons (Fsp3) is 0.253. The van der Waals surface area contributed by atoms with Crippen molar-refractivity contribution >= 4 is 142 Å². The van der Waals surface area contributed by atoms with Crippen molar-refractivity contribution in [2.24, 2.45) is 0 Å². The normalized spacial score (nSPS) is 11.4. The molecule has 2 N–H and O–H groups in total. The summed E-state index contributed by atoms with van der Waals surface area (Å²) in [6.07, 6.45) is 0.496. The minimum Gasteiger partial charge on any atom is -0.497 e. The Hall–Kier alpha value is -12.5. The Morgan fingerprint density at radius 1 is 0.371 bits per heavy atom. The van der Waals surface area contributed by atoms with Crippen molar-refractivity contribution in [1.29, 1.82) is 0 Å². The molecule has 0 saturated carbocycles. The molecule has 33 heteroatoms. The second-order valence-corrected chi connectivity index (χ2v) is 32.2. The second-order valence-electron chi connectivity index (χ2n) is 25.3. The maximum absolute atomic E-state index is 13.4. The first-order valence-corrected chi connectivity index (χ1v) is 42.0. The third-order valence-corrected chi connectivity index (χ3v) is 23.6. The lowest BCUT2D eigenvalue weighted by Gasteiger charge is -2.23. The van der Waals surface area contributed by atoms with Gasteiger partial charge in [-0.3, -0.25) is 19.0 Å². The molecular weight excluding hydrogens is 1580 g/mol. The van der Waals surface area contributed by atoms with Gasteiger partial charge in [0.05, 0.1) is 78.2 Å². The Bertz CT molecular complexity index is 6110. The maximum Gasteiger partial charge on any atom is 0.342 e. The molecule has 0 atom stereocenters. The van der Waals surface area contributed by atoms with Gasteiger partial charge in [0.1, 0.15) is 84.9 Å². The molecule has 12 aromatic rings. The summed E-state index contributed by atoms with van der Waals surface area (Å²) in [6.45, 7) is 21.8. The summed E-state index contributed by atoms with van der Waals surface area (Å²) in [6, 6.07) is 42.6. The highest BCUT2D eigenvalue weighted by atomic mass is 32.2. The number of methoxy groups -OCH3 is 2. The summed E-state index contributed by atoms with van der Waals surface area (Å²) in [4.78, 5) is 74.4. The number of aryl methyl sites for hydroxylation is 5. The molecule has 2 amide bonds. The molecule has 8 aromatic carbocycles. The van der Waals surface area contributed by atoms with E-state index in [0.29, 0.717) is 131 Å². The Morgan fingerprint density at radius 2 is 0.690 bits per heavy atom. The number of hydrogen-bond donors (Lipinski definition) is 2. The van der Waals surface area contributed by atoms with Gasteiger partial charge >= 0.3 is 23.9 Å². The van der Waals surface area contributed by atoms with Crippen LogP contribution < -0.4 is 32.3 Å². The van der Waals surface area contributed by atoms with Crippen molar-refractivity contribution in [1.82, 2.24) is 0 Å². The molecule has 116 heavy (non-hydrogen) atoms. The first-order chi connectivity index (χ1) is 55.1. The van der Waals surface area contributed by atoms with Gasteiger partial charge in [-0.15, -0.1) is 0 Å². The number of hydrogen-bond acceptors (Lipinski definition) is 25. The quantitative estimate of drug-likeness (QED) is 0.0375. The molecule has 4 aromatic heterocycles. The summed E-state index contributed by atoms with van der Waals surface area (Å²) >= 11 is 0. The Kier molecular flexibility index (Phi) is 28.4. The van der Waals surface area contributed by atoms with Gasteiger partial charge in [-0.25, -0.2) is 61.5 Å².